The third kappa shape index (κ3) is 4.28. The van der Waals surface area contributed by atoms with Gasteiger partial charge in [0.1, 0.15) is 5.82 Å². The molecule has 1 aliphatic rings. The van der Waals surface area contributed by atoms with E-state index >= 15 is 0 Å². The first-order valence-corrected chi connectivity index (χ1v) is 7.22. The highest BCUT2D eigenvalue weighted by Crippen LogP contribution is 2.24. The molecule has 1 saturated heterocycles. The van der Waals surface area contributed by atoms with Crippen molar-refractivity contribution < 1.29 is 9.84 Å². The van der Waals surface area contributed by atoms with Crippen molar-refractivity contribution >= 4 is 0 Å². The van der Waals surface area contributed by atoms with Gasteiger partial charge in [0.2, 0.25) is 0 Å². The average Bonchev–Trinajstić information content (AvgIpc) is 3.06. The number of imidazole rings is 1. The minimum absolute atomic E-state index is 0.261. The molecule has 20 heavy (non-hydrogen) atoms. The van der Waals surface area contributed by atoms with Crippen LogP contribution in [0.1, 0.15) is 5.82 Å². The second-order valence-corrected chi connectivity index (χ2v) is 5.69. The van der Waals surface area contributed by atoms with E-state index in [2.05, 4.69) is 26.8 Å². The molecule has 0 saturated carbocycles. The maximum absolute atomic E-state index is 9.58. The number of H-pyrrole nitrogens is 1. The number of nitrogens with zero attached hydrogens (tertiary/aromatic N) is 3. The van der Waals surface area contributed by atoms with Crippen molar-refractivity contribution in [2.24, 2.45) is 11.8 Å². The van der Waals surface area contributed by atoms with Gasteiger partial charge in [-0.15, -0.1) is 0 Å². The maximum atomic E-state index is 9.58. The molecule has 2 atom stereocenters. The zero-order valence-electron chi connectivity index (χ0n) is 12.5. The SMILES string of the molecule is COCCN(C)C[C@@H]1CN(Cc2ncc[nH]2)C[C@@H]1CO. The summed E-state index contributed by atoms with van der Waals surface area (Å²) in [4.78, 5) is 12.1. The molecule has 0 aromatic carbocycles. The molecule has 0 radical (unpaired) electrons. The second kappa shape index (κ2) is 7.73. The lowest BCUT2D eigenvalue weighted by Gasteiger charge is -2.23. The molecule has 0 unspecified atom stereocenters. The monoisotopic (exact) mass is 282 g/mol. The van der Waals surface area contributed by atoms with Gasteiger partial charge in [-0.25, -0.2) is 4.98 Å². The van der Waals surface area contributed by atoms with Gasteiger partial charge in [0.05, 0.1) is 13.2 Å². The Morgan fingerprint density at radius 2 is 2.30 bits per heavy atom. The number of aromatic nitrogens is 2. The molecule has 1 aromatic rings. The van der Waals surface area contributed by atoms with Crippen molar-refractivity contribution in [2.75, 3.05) is 53.6 Å². The van der Waals surface area contributed by atoms with Crippen molar-refractivity contribution in [1.29, 1.82) is 0 Å². The highest BCUT2D eigenvalue weighted by molar-refractivity contribution is 4.91. The molecule has 2 N–H and O–H groups in total. The van der Waals surface area contributed by atoms with Gasteiger partial charge in [0, 0.05) is 52.3 Å². The van der Waals surface area contributed by atoms with Crippen LogP contribution in [0.25, 0.3) is 0 Å². The topological polar surface area (TPSA) is 64.6 Å². The Bertz CT molecular complexity index is 371. The van der Waals surface area contributed by atoms with E-state index in [1.165, 1.54) is 0 Å². The summed E-state index contributed by atoms with van der Waals surface area (Å²) in [6.07, 6.45) is 3.63. The smallest absolute Gasteiger partial charge is 0.120 e. The molecule has 1 aliphatic heterocycles. The summed E-state index contributed by atoms with van der Waals surface area (Å²) in [7, 11) is 3.84. The van der Waals surface area contributed by atoms with Crippen LogP contribution in [0, 0.1) is 11.8 Å². The first-order chi connectivity index (χ1) is 9.72. The standard InChI is InChI=1S/C14H26N4O2/c1-17(5-6-20-2)7-12-8-18(9-13(12)11-19)10-14-15-3-4-16-14/h3-4,12-13,19H,5-11H2,1-2H3,(H,15,16)/t12-,13-/m1/s1. The van der Waals surface area contributed by atoms with E-state index in [0.717, 1.165) is 45.2 Å². The fourth-order valence-electron chi connectivity index (χ4n) is 2.91. The first-order valence-electron chi connectivity index (χ1n) is 7.22. The summed E-state index contributed by atoms with van der Waals surface area (Å²) in [5.74, 6) is 1.86. The van der Waals surface area contributed by atoms with Gasteiger partial charge < -0.3 is 19.7 Å². The van der Waals surface area contributed by atoms with Crippen LogP contribution < -0.4 is 0 Å². The highest BCUT2D eigenvalue weighted by Gasteiger charge is 2.32. The second-order valence-electron chi connectivity index (χ2n) is 5.69. The number of aromatic amines is 1. The Kier molecular flexibility index (Phi) is 5.97. The van der Waals surface area contributed by atoms with Crippen molar-refractivity contribution in [1.82, 2.24) is 19.8 Å². The Labute approximate surface area is 120 Å². The number of aliphatic hydroxyl groups excluding tert-OH is 1. The van der Waals surface area contributed by atoms with Gasteiger partial charge in [0.15, 0.2) is 0 Å². The molecule has 0 spiro atoms. The van der Waals surface area contributed by atoms with Crippen LogP contribution in [0.15, 0.2) is 12.4 Å². The Balaban J connectivity index is 1.82. The minimum atomic E-state index is 0.261. The van der Waals surface area contributed by atoms with Crippen molar-refractivity contribution in [3.63, 3.8) is 0 Å². The van der Waals surface area contributed by atoms with Gasteiger partial charge in [0.25, 0.3) is 0 Å². The van der Waals surface area contributed by atoms with Crippen molar-refractivity contribution in [3.8, 4) is 0 Å². The number of ether oxygens (including phenoxy) is 1. The van der Waals surface area contributed by atoms with E-state index in [9.17, 15) is 5.11 Å². The van der Waals surface area contributed by atoms with Crippen LogP contribution in [0.5, 0.6) is 0 Å². The van der Waals surface area contributed by atoms with E-state index in [0.29, 0.717) is 11.8 Å². The summed E-state index contributed by atoms with van der Waals surface area (Å²) in [5.41, 5.74) is 0. The third-order valence-electron chi connectivity index (χ3n) is 4.04. The molecule has 114 valence electrons. The number of nitrogens with one attached hydrogen (secondary N) is 1. The van der Waals surface area contributed by atoms with Crippen LogP contribution >= 0.6 is 0 Å². The van der Waals surface area contributed by atoms with Crippen LogP contribution in [0.3, 0.4) is 0 Å². The lowest BCUT2D eigenvalue weighted by molar-refractivity contribution is 0.136. The number of rotatable bonds is 8. The molecular weight excluding hydrogens is 256 g/mol. The summed E-state index contributed by atoms with van der Waals surface area (Å²) < 4.78 is 5.11. The van der Waals surface area contributed by atoms with E-state index in [-0.39, 0.29) is 6.61 Å². The molecule has 6 nitrogen and oxygen atoms in total. The van der Waals surface area contributed by atoms with Crippen LogP contribution in [-0.4, -0.2) is 78.4 Å². The van der Waals surface area contributed by atoms with E-state index in [1.54, 1.807) is 13.3 Å². The zero-order chi connectivity index (χ0) is 14.4. The molecule has 0 amide bonds. The van der Waals surface area contributed by atoms with Crippen LogP contribution in [0.2, 0.25) is 0 Å². The molecular formula is C14H26N4O2. The van der Waals surface area contributed by atoms with Crippen LogP contribution in [0.4, 0.5) is 0 Å². The average molecular weight is 282 g/mol. The van der Waals surface area contributed by atoms with Crippen molar-refractivity contribution in [3.05, 3.63) is 18.2 Å². The lowest BCUT2D eigenvalue weighted by atomic mass is 9.96. The highest BCUT2D eigenvalue weighted by atomic mass is 16.5. The quantitative estimate of drug-likeness (QED) is 0.704. The maximum Gasteiger partial charge on any atom is 0.120 e. The number of methoxy groups -OCH3 is 1. The Hall–Kier alpha value is -0.950. The van der Waals surface area contributed by atoms with Crippen molar-refractivity contribution in [2.45, 2.75) is 6.54 Å². The van der Waals surface area contributed by atoms with E-state index < -0.39 is 0 Å². The minimum Gasteiger partial charge on any atom is -0.396 e. The fraction of sp³-hybridized carbons (Fsp3) is 0.786. The fourth-order valence-corrected chi connectivity index (χ4v) is 2.91. The summed E-state index contributed by atoms with van der Waals surface area (Å²) in [5, 5.41) is 9.58. The van der Waals surface area contributed by atoms with Gasteiger partial charge in [-0.05, 0) is 18.9 Å². The van der Waals surface area contributed by atoms with Gasteiger partial charge in [-0.2, -0.15) is 0 Å². The predicted molar refractivity (Wildman–Crippen MR) is 77.3 cm³/mol. The zero-order valence-corrected chi connectivity index (χ0v) is 12.5. The molecule has 2 rings (SSSR count). The van der Waals surface area contributed by atoms with Gasteiger partial charge in [-0.1, -0.05) is 0 Å². The summed E-state index contributed by atoms with van der Waals surface area (Å²) >= 11 is 0. The lowest BCUT2D eigenvalue weighted by Crippen LogP contribution is -2.33. The van der Waals surface area contributed by atoms with Crippen LogP contribution in [-0.2, 0) is 11.3 Å². The van der Waals surface area contributed by atoms with E-state index in [4.69, 9.17) is 4.74 Å². The van der Waals surface area contributed by atoms with Gasteiger partial charge in [-0.3, -0.25) is 4.90 Å². The third-order valence-corrected chi connectivity index (χ3v) is 4.04. The number of likely N-dealkylation sites (tertiary alicyclic amines) is 1. The first kappa shape index (κ1) is 15.4. The molecule has 0 bridgehead atoms. The summed E-state index contributed by atoms with van der Waals surface area (Å²) in [6.45, 7) is 5.75. The number of hydrogen-bond donors (Lipinski definition) is 2. The number of aliphatic hydroxyl groups is 1. The van der Waals surface area contributed by atoms with Gasteiger partial charge >= 0.3 is 0 Å². The normalized spacial score (nSPS) is 23.8. The Morgan fingerprint density at radius 3 is 2.95 bits per heavy atom. The number of likely N-dealkylation sites (N-methyl/N-ethyl adjacent to an activating group) is 1. The van der Waals surface area contributed by atoms with E-state index in [1.807, 2.05) is 6.20 Å². The largest absolute Gasteiger partial charge is 0.396 e. The summed E-state index contributed by atoms with van der Waals surface area (Å²) in [6, 6.07) is 0. The number of hydrogen-bond acceptors (Lipinski definition) is 5. The molecule has 6 heteroatoms. The molecule has 0 aliphatic carbocycles. The molecule has 2 heterocycles. The molecule has 1 aromatic heterocycles. The Morgan fingerprint density at radius 1 is 1.50 bits per heavy atom. The molecule has 1 fully saturated rings. The predicted octanol–water partition coefficient (Wildman–Crippen LogP) is 0.0282.